The average Bonchev–Trinajstić information content (AvgIpc) is 3.06. The van der Waals surface area contributed by atoms with E-state index >= 15 is 0 Å². The first-order chi connectivity index (χ1) is 10.1. The van der Waals surface area contributed by atoms with Crippen molar-refractivity contribution in [2.75, 3.05) is 26.2 Å². The monoisotopic (exact) mass is 302 g/mol. The molecule has 1 saturated heterocycles. The lowest BCUT2D eigenvalue weighted by atomic mass is 10.2. The standard InChI is InChI=1S/C14H21F3N4/c15-14(16,17)13-19-11-10-18-5-4-12(11)21(13)9-3-8-20-6-1-2-7-20/h18H,1-10H2. The minimum atomic E-state index is -4.37. The molecule has 2 aliphatic heterocycles. The van der Waals surface area contributed by atoms with Crippen molar-refractivity contribution in [3.63, 3.8) is 0 Å². The van der Waals surface area contributed by atoms with Crippen LogP contribution in [0.4, 0.5) is 13.2 Å². The van der Waals surface area contributed by atoms with Crippen LogP contribution < -0.4 is 5.32 Å². The molecule has 0 aliphatic carbocycles. The lowest BCUT2D eigenvalue weighted by Crippen LogP contribution is -2.26. The van der Waals surface area contributed by atoms with Gasteiger partial charge in [0.15, 0.2) is 0 Å². The zero-order valence-corrected chi connectivity index (χ0v) is 12.0. The second-order valence-corrected chi connectivity index (χ2v) is 5.81. The summed E-state index contributed by atoms with van der Waals surface area (Å²) in [5.74, 6) is -0.724. The number of aromatic nitrogens is 2. The van der Waals surface area contributed by atoms with E-state index < -0.39 is 12.0 Å². The molecule has 0 saturated carbocycles. The molecule has 0 unspecified atom stereocenters. The van der Waals surface area contributed by atoms with Crippen molar-refractivity contribution in [3.05, 3.63) is 17.2 Å². The van der Waals surface area contributed by atoms with Gasteiger partial charge in [0.25, 0.3) is 0 Å². The maximum absolute atomic E-state index is 13.1. The lowest BCUT2D eigenvalue weighted by molar-refractivity contribution is -0.147. The molecule has 0 radical (unpaired) electrons. The summed E-state index contributed by atoms with van der Waals surface area (Å²) in [5.41, 5.74) is 1.33. The molecule has 0 atom stereocenters. The molecule has 7 heteroatoms. The van der Waals surface area contributed by atoms with Gasteiger partial charge < -0.3 is 14.8 Å². The summed E-state index contributed by atoms with van der Waals surface area (Å²) in [6, 6.07) is 0. The summed E-state index contributed by atoms with van der Waals surface area (Å²) in [6.07, 6.45) is -0.577. The Hall–Kier alpha value is -1.08. The van der Waals surface area contributed by atoms with E-state index in [1.54, 1.807) is 0 Å². The molecule has 3 rings (SSSR count). The molecule has 1 aromatic rings. The van der Waals surface area contributed by atoms with Crippen molar-refractivity contribution < 1.29 is 13.2 Å². The Morgan fingerprint density at radius 1 is 1.14 bits per heavy atom. The van der Waals surface area contributed by atoms with Gasteiger partial charge in [0.1, 0.15) is 0 Å². The number of alkyl halides is 3. The summed E-state index contributed by atoms with van der Waals surface area (Å²) < 4.78 is 40.9. The number of nitrogens with one attached hydrogen (secondary N) is 1. The molecule has 2 aliphatic rings. The first-order valence-electron chi connectivity index (χ1n) is 7.64. The van der Waals surface area contributed by atoms with Crippen LogP contribution >= 0.6 is 0 Å². The number of hydrogen-bond acceptors (Lipinski definition) is 3. The van der Waals surface area contributed by atoms with Gasteiger partial charge in [0.05, 0.1) is 5.69 Å². The molecule has 4 nitrogen and oxygen atoms in total. The van der Waals surface area contributed by atoms with E-state index in [0.29, 0.717) is 25.2 Å². The van der Waals surface area contributed by atoms with Crippen LogP contribution in [0, 0.1) is 0 Å². The van der Waals surface area contributed by atoms with Crippen LogP contribution in [0.15, 0.2) is 0 Å². The van der Waals surface area contributed by atoms with Crippen molar-refractivity contribution in [3.8, 4) is 0 Å². The summed E-state index contributed by atoms with van der Waals surface area (Å²) in [7, 11) is 0. The van der Waals surface area contributed by atoms with Gasteiger partial charge in [-0.25, -0.2) is 4.98 Å². The summed E-state index contributed by atoms with van der Waals surface area (Å²) in [4.78, 5) is 6.17. The summed E-state index contributed by atoms with van der Waals surface area (Å²) >= 11 is 0. The second-order valence-electron chi connectivity index (χ2n) is 5.81. The first-order valence-corrected chi connectivity index (χ1v) is 7.64. The number of likely N-dealkylation sites (tertiary alicyclic amines) is 1. The average molecular weight is 302 g/mol. The number of rotatable bonds is 4. The maximum atomic E-state index is 13.1. The molecule has 0 amide bonds. The van der Waals surface area contributed by atoms with Gasteiger partial charge in [0, 0.05) is 31.7 Å². The Morgan fingerprint density at radius 3 is 2.62 bits per heavy atom. The fourth-order valence-electron chi connectivity index (χ4n) is 3.29. The third-order valence-electron chi connectivity index (χ3n) is 4.29. The van der Waals surface area contributed by atoms with E-state index in [0.717, 1.165) is 38.3 Å². The minimum Gasteiger partial charge on any atom is -0.324 e. The Kier molecular flexibility index (Phi) is 4.21. The number of fused-ring (bicyclic) bond motifs is 1. The smallest absolute Gasteiger partial charge is 0.324 e. The van der Waals surface area contributed by atoms with E-state index in [9.17, 15) is 13.2 Å². The van der Waals surface area contributed by atoms with E-state index in [2.05, 4.69) is 15.2 Å². The Balaban J connectivity index is 1.73. The zero-order chi connectivity index (χ0) is 14.9. The lowest BCUT2D eigenvalue weighted by Gasteiger charge is -2.19. The van der Waals surface area contributed by atoms with Gasteiger partial charge in [-0.2, -0.15) is 13.2 Å². The first kappa shape index (κ1) is 14.8. The molecule has 1 aromatic heterocycles. The normalized spacial score (nSPS) is 20.0. The quantitative estimate of drug-likeness (QED) is 0.924. The minimum absolute atomic E-state index is 0.410. The predicted octanol–water partition coefficient (Wildman–Crippen LogP) is 2.03. The molecule has 3 heterocycles. The van der Waals surface area contributed by atoms with Gasteiger partial charge in [-0.1, -0.05) is 0 Å². The van der Waals surface area contributed by atoms with E-state index in [1.807, 2.05) is 0 Å². The molecule has 0 aromatic carbocycles. The molecule has 1 fully saturated rings. The molecule has 0 spiro atoms. The van der Waals surface area contributed by atoms with Gasteiger partial charge in [0.2, 0.25) is 5.82 Å². The third-order valence-corrected chi connectivity index (χ3v) is 4.29. The van der Waals surface area contributed by atoms with Crippen LogP contribution in [-0.2, 0) is 25.7 Å². The number of halogens is 3. The Morgan fingerprint density at radius 2 is 1.90 bits per heavy atom. The molecular weight excluding hydrogens is 281 g/mol. The molecule has 21 heavy (non-hydrogen) atoms. The van der Waals surface area contributed by atoms with E-state index in [-0.39, 0.29) is 0 Å². The van der Waals surface area contributed by atoms with E-state index in [4.69, 9.17) is 0 Å². The molecule has 118 valence electrons. The van der Waals surface area contributed by atoms with Crippen molar-refractivity contribution >= 4 is 0 Å². The molecule has 1 N–H and O–H groups in total. The largest absolute Gasteiger partial charge is 0.449 e. The topological polar surface area (TPSA) is 33.1 Å². The predicted molar refractivity (Wildman–Crippen MR) is 72.9 cm³/mol. The highest BCUT2D eigenvalue weighted by atomic mass is 19.4. The van der Waals surface area contributed by atoms with Crippen LogP contribution in [-0.4, -0.2) is 40.6 Å². The van der Waals surface area contributed by atoms with Crippen molar-refractivity contribution in [1.82, 2.24) is 19.8 Å². The van der Waals surface area contributed by atoms with Gasteiger partial charge in [-0.3, -0.25) is 0 Å². The zero-order valence-electron chi connectivity index (χ0n) is 12.0. The van der Waals surface area contributed by atoms with Crippen LogP contribution in [0.25, 0.3) is 0 Å². The molecule has 0 bridgehead atoms. The number of hydrogen-bond donors (Lipinski definition) is 1. The second kappa shape index (κ2) is 5.96. The molecular formula is C14H21F3N4. The highest BCUT2D eigenvalue weighted by molar-refractivity contribution is 5.21. The van der Waals surface area contributed by atoms with Crippen molar-refractivity contribution in [2.24, 2.45) is 0 Å². The highest BCUT2D eigenvalue weighted by Gasteiger charge is 2.39. The van der Waals surface area contributed by atoms with Crippen LogP contribution in [0.5, 0.6) is 0 Å². The van der Waals surface area contributed by atoms with Gasteiger partial charge in [-0.15, -0.1) is 0 Å². The Labute approximate surface area is 122 Å². The van der Waals surface area contributed by atoms with Crippen molar-refractivity contribution in [2.45, 2.75) is 44.9 Å². The fraction of sp³-hybridized carbons (Fsp3) is 0.786. The van der Waals surface area contributed by atoms with Crippen LogP contribution in [0.3, 0.4) is 0 Å². The third kappa shape index (κ3) is 3.23. The van der Waals surface area contributed by atoms with E-state index in [1.165, 1.54) is 17.4 Å². The van der Waals surface area contributed by atoms with Crippen LogP contribution in [0.1, 0.15) is 36.5 Å². The fourth-order valence-corrected chi connectivity index (χ4v) is 3.29. The van der Waals surface area contributed by atoms with Gasteiger partial charge >= 0.3 is 6.18 Å². The van der Waals surface area contributed by atoms with Gasteiger partial charge in [-0.05, 0) is 38.9 Å². The summed E-state index contributed by atoms with van der Waals surface area (Å²) in [5, 5.41) is 3.08. The van der Waals surface area contributed by atoms with Crippen molar-refractivity contribution in [1.29, 1.82) is 0 Å². The number of imidazole rings is 1. The Bertz CT molecular complexity index is 489. The van der Waals surface area contributed by atoms with Crippen LogP contribution in [0.2, 0.25) is 0 Å². The number of nitrogens with zero attached hydrogens (tertiary/aromatic N) is 3. The summed E-state index contributed by atoms with van der Waals surface area (Å²) in [6.45, 7) is 4.62. The maximum Gasteiger partial charge on any atom is 0.449 e. The SMILES string of the molecule is FC(F)(F)c1nc2c(n1CCCN1CCCC1)CCNC2. The highest BCUT2D eigenvalue weighted by Crippen LogP contribution is 2.31.